The number of ether oxygens (including phenoxy) is 3. The summed E-state index contributed by atoms with van der Waals surface area (Å²) in [5.41, 5.74) is 13.5. The minimum atomic E-state index is -5.61. The molecule has 12 rings (SSSR count). The first-order chi connectivity index (χ1) is 42.4. The van der Waals surface area contributed by atoms with Gasteiger partial charge in [0.05, 0.1) is 45.1 Å². The van der Waals surface area contributed by atoms with E-state index in [0.717, 1.165) is 73.0 Å². The molecule has 2 saturated carbocycles. The highest BCUT2D eigenvalue weighted by atomic mass is 79.9. The Labute approximate surface area is 527 Å². The van der Waals surface area contributed by atoms with E-state index in [0.29, 0.717) is 31.6 Å². The summed E-state index contributed by atoms with van der Waals surface area (Å²) in [5, 5.41) is 60.6. The molecule has 8 atom stereocenters. The lowest BCUT2D eigenvalue weighted by Crippen LogP contribution is -2.40. The Bertz CT molecular complexity index is 4170. The first-order valence-electron chi connectivity index (χ1n) is 26.6. The molecule has 4 fully saturated rings. The van der Waals surface area contributed by atoms with Crippen LogP contribution in [0.3, 0.4) is 0 Å². The summed E-state index contributed by atoms with van der Waals surface area (Å²) < 4.78 is 53.1. The van der Waals surface area contributed by atoms with E-state index in [-0.39, 0.29) is 23.1 Å². The first-order valence-corrected chi connectivity index (χ1v) is 33.1. The molecule has 6 heterocycles. The molecule has 2 aliphatic heterocycles. The molecule has 2 saturated heterocycles. The van der Waals surface area contributed by atoms with Crippen LogP contribution in [0.5, 0.6) is 0 Å². The number of hydrogen-bond donors (Lipinski definition) is 6. The second kappa shape index (κ2) is 27.6. The second-order valence-corrected chi connectivity index (χ2v) is 25.7. The third-order valence-corrected chi connectivity index (χ3v) is 18.0. The number of carbonyl (C=O) groups excluding carboxylic acids is 1. The Kier molecular flexibility index (Phi) is 20.4. The number of aliphatic hydroxyl groups is 3. The van der Waals surface area contributed by atoms with Crippen molar-refractivity contribution in [3.05, 3.63) is 139 Å². The number of aromatic nitrogens is 10. The SMILES string of the molecule is Nc1ccn([C@@H]2O[C@H](CO)[C@H](OP(=O)([O-])[O-])C2O)c(=O)n1.Nc1ccn([C@@H]2O[C@H](COC(=O)CSc3nnc(Br)n3-c3ccc(C4CC4)c4ccccc34)[C@H](OP(=O)([O-])[O-])C2O)c(=O)n1.O=C(O)CSc1nnc(Br)n1-c1ccc(C2CC2)c2ccccc12. The normalized spacial score (nSPS) is 21.7. The quantitative estimate of drug-likeness (QED) is 0.0380. The van der Waals surface area contributed by atoms with Crippen LogP contribution in [-0.2, 0) is 42.0 Å². The maximum atomic E-state index is 12.8. The molecule has 2 unspecified atom stereocenters. The number of hydrogen-bond acceptors (Lipinski definition) is 28. The fourth-order valence-electron chi connectivity index (χ4n) is 10.0. The number of carboxylic acids is 1. The number of phosphoric ester groups is 2. The number of esters is 1. The molecule has 0 bridgehead atoms. The third-order valence-electron chi connectivity index (χ3n) is 14.2. The summed E-state index contributed by atoms with van der Waals surface area (Å²) in [6.45, 7) is -1.33. The van der Waals surface area contributed by atoms with Crippen molar-refractivity contribution in [1.82, 2.24) is 48.6 Å². The number of fused-ring (bicyclic) bond motifs is 2. The van der Waals surface area contributed by atoms with E-state index < -0.39 is 101 Å². The number of carbonyl (C=O) groups is 2. The largest absolute Gasteiger partial charge is 0.790 e. The van der Waals surface area contributed by atoms with Gasteiger partial charge >= 0.3 is 23.3 Å². The van der Waals surface area contributed by atoms with Gasteiger partial charge in [-0.25, -0.2) is 9.59 Å². The zero-order valence-corrected chi connectivity index (χ0v) is 52.3. The number of carboxylic acid groups (broad SMARTS) is 1. The molecule has 8 aromatic rings. The van der Waals surface area contributed by atoms with Gasteiger partial charge in [-0.15, -0.1) is 20.4 Å². The molecule has 31 nitrogen and oxygen atoms in total. The molecule has 472 valence electrons. The van der Waals surface area contributed by atoms with Crippen LogP contribution in [-0.4, -0.2) is 142 Å². The van der Waals surface area contributed by atoms with Crippen molar-refractivity contribution in [3.8, 4) is 11.4 Å². The summed E-state index contributed by atoms with van der Waals surface area (Å²) in [5.74, 6) is -0.837. The second-order valence-electron chi connectivity index (χ2n) is 20.2. The minimum Gasteiger partial charge on any atom is -0.790 e. The highest BCUT2D eigenvalue weighted by Crippen LogP contribution is 2.47. The van der Waals surface area contributed by atoms with E-state index in [4.69, 9.17) is 35.9 Å². The van der Waals surface area contributed by atoms with Gasteiger partial charge in [-0.1, -0.05) is 84.2 Å². The Morgan fingerprint density at radius 1 is 0.629 bits per heavy atom. The van der Waals surface area contributed by atoms with Gasteiger partial charge in [0, 0.05) is 23.2 Å². The van der Waals surface area contributed by atoms with Crippen LogP contribution in [0.25, 0.3) is 32.9 Å². The number of rotatable bonds is 19. The van der Waals surface area contributed by atoms with E-state index in [1.54, 1.807) is 4.57 Å². The van der Waals surface area contributed by atoms with E-state index in [9.17, 15) is 58.1 Å². The fraction of sp³-hybridized carbons (Fsp3) is 0.346. The van der Waals surface area contributed by atoms with Crippen LogP contribution in [0.4, 0.5) is 11.6 Å². The number of nitrogens with zero attached hydrogens (tertiary/aromatic N) is 10. The molecule has 37 heteroatoms. The van der Waals surface area contributed by atoms with E-state index in [1.807, 2.05) is 34.9 Å². The van der Waals surface area contributed by atoms with Crippen molar-refractivity contribution >= 4 is 116 Å². The summed E-state index contributed by atoms with van der Waals surface area (Å²) in [4.78, 5) is 98.6. The Morgan fingerprint density at radius 2 is 1.04 bits per heavy atom. The third kappa shape index (κ3) is 15.5. The number of aliphatic hydroxyl groups excluding tert-OH is 3. The number of thioether (sulfide) groups is 2. The molecule has 4 aliphatic rings. The number of halogens is 2. The van der Waals surface area contributed by atoms with Crippen LogP contribution < -0.4 is 42.4 Å². The van der Waals surface area contributed by atoms with Crippen molar-refractivity contribution < 1.29 is 82.0 Å². The van der Waals surface area contributed by atoms with Crippen LogP contribution in [0.2, 0.25) is 0 Å². The summed E-state index contributed by atoms with van der Waals surface area (Å²) in [6, 6.07) is 27.2. The number of nitrogens with two attached hydrogens (primary N) is 2. The minimum absolute atomic E-state index is 0.0524. The topological polar surface area (TPSA) is 471 Å². The van der Waals surface area contributed by atoms with E-state index in [2.05, 4.69) is 114 Å². The number of phosphoric acid groups is 2. The molecular weight excluding hydrogens is 1380 g/mol. The van der Waals surface area contributed by atoms with E-state index in [1.165, 1.54) is 53.9 Å². The number of benzene rings is 4. The average Bonchev–Trinajstić information content (AvgIpc) is 1.99. The maximum absolute atomic E-state index is 12.8. The molecule has 2 aliphatic carbocycles. The van der Waals surface area contributed by atoms with Gasteiger partial charge in [-0.2, -0.15) is 9.97 Å². The average molecular weight is 1430 g/mol. The predicted molar refractivity (Wildman–Crippen MR) is 315 cm³/mol. The van der Waals surface area contributed by atoms with Gasteiger partial charge in [0.2, 0.25) is 9.47 Å². The summed E-state index contributed by atoms with van der Waals surface area (Å²) in [6.07, 6.45) is -5.32. The Morgan fingerprint density at radius 3 is 1.45 bits per heavy atom. The Balaban J connectivity index is 0.000000163. The van der Waals surface area contributed by atoms with Gasteiger partial charge in [0.25, 0.3) is 0 Å². The molecule has 0 spiro atoms. The summed E-state index contributed by atoms with van der Waals surface area (Å²) >= 11 is 9.10. The van der Waals surface area contributed by atoms with Gasteiger partial charge in [-0.05, 0) is 116 Å². The zero-order valence-electron chi connectivity index (χ0n) is 45.7. The predicted octanol–water partition coefficient (Wildman–Crippen LogP) is 1.53. The molecule has 0 amide bonds. The van der Waals surface area contributed by atoms with Crippen LogP contribution in [0, 0.1) is 0 Å². The highest BCUT2D eigenvalue weighted by molar-refractivity contribution is 9.10. The number of nitrogen functional groups attached to an aromatic ring is 2. The van der Waals surface area contributed by atoms with Crippen LogP contribution in [0.15, 0.2) is 127 Å². The lowest BCUT2D eigenvalue weighted by atomic mass is 9.99. The van der Waals surface area contributed by atoms with Crippen LogP contribution >= 0.6 is 71.0 Å². The molecular formula is C52H50Br2N12O19P2S2-4. The number of anilines is 2. The van der Waals surface area contributed by atoms with Gasteiger partial charge < -0.3 is 83.9 Å². The van der Waals surface area contributed by atoms with E-state index >= 15 is 0 Å². The van der Waals surface area contributed by atoms with Crippen molar-refractivity contribution in [1.29, 1.82) is 0 Å². The lowest BCUT2D eigenvalue weighted by molar-refractivity contribution is -0.348. The van der Waals surface area contributed by atoms with Gasteiger partial charge in [0.1, 0.15) is 54.9 Å². The molecule has 0 radical (unpaired) electrons. The van der Waals surface area contributed by atoms with Gasteiger partial charge in [0.15, 0.2) is 22.8 Å². The highest BCUT2D eigenvalue weighted by Gasteiger charge is 2.48. The first kappa shape index (κ1) is 65.6. The summed E-state index contributed by atoms with van der Waals surface area (Å²) in [7, 11) is -11.0. The smallest absolute Gasteiger partial charge is 0.351 e. The van der Waals surface area contributed by atoms with Crippen molar-refractivity contribution in [2.45, 2.75) is 96.9 Å². The number of aliphatic carboxylic acids is 1. The standard InChI is InChI=1S/C26H26BrN6O9PS.C17H14BrN3O2S.C9H14N3O8P/c27-24-30-31-26(33(24)17-8-7-14(13-5-6-13)15-3-1-2-4-16(15)17)44-12-20(34)40-11-18-22(42-43(37,38)39)21(35)23(41-18)32-10-9-19(28)29-25(32)36;18-16-19-20-17(24-9-15(22)23)21(16)14-8-7-11(10-5-6-10)12-3-1-2-4-13(12)14;10-5-1-2-12(9(15)11-5)8-6(14)7(4(3-13)19-8)20-21(16,17)18/h1-4,7-10,13,18,21-23,35H,5-6,11-12H2,(H2,28,29,36)(H2,37,38,39);1-4,7-8,10H,5-6,9H2,(H,22,23);1-2,4,6-8,13-14H,3H2,(H2,10,11,15)(H2,16,17,18)/p-4/t18-,21?,22+,23-;;4-,6?,7+,8-/m1.1/s1. The van der Waals surface area contributed by atoms with Gasteiger partial charge in [-0.3, -0.25) is 27.9 Å². The fourth-order valence-corrected chi connectivity index (χ4v) is 13.7. The lowest BCUT2D eigenvalue weighted by Gasteiger charge is -2.34. The molecule has 4 aromatic heterocycles. The molecule has 89 heavy (non-hydrogen) atoms. The monoisotopic (exact) mass is 1430 g/mol. The van der Waals surface area contributed by atoms with Crippen molar-refractivity contribution in [2.24, 2.45) is 0 Å². The van der Waals surface area contributed by atoms with Crippen molar-refractivity contribution in [2.75, 3.05) is 36.2 Å². The zero-order chi connectivity index (χ0) is 63.6. The molecule has 8 N–H and O–H groups in total. The van der Waals surface area contributed by atoms with Crippen molar-refractivity contribution in [3.63, 3.8) is 0 Å². The molecule has 4 aromatic carbocycles. The maximum Gasteiger partial charge on any atom is 0.351 e. The van der Waals surface area contributed by atoms with Crippen LogP contribution in [0.1, 0.15) is 61.1 Å². The Hall–Kier alpha value is -6.34.